The zero-order chi connectivity index (χ0) is 21.0. The van der Waals surface area contributed by atoms with E-state index in [4.69, 9.17) is 0 Å². The fraction of sp³-hybridized carbons (Fsp3) is 0.316. The minimum atomic E-state index is -4.68. The van der Waals surface area contributed by atoms with Crippen LogP contribution in [0.3, 0.4) is 0 Å². The molecular formula is C19H13F6N3O. The third-order valence-electron chi connectivity index (χ3n) is 5.18. The van der Waals surface area contributed by atoms with Crippen LogP contribution in [-0.4, -0.2) is 29.4 Å². The number of carbonyl (C=O) groups excluding carboxylic acids is 1. The molecule has 1 atom stereocenters. The second kappa shape index (κ2) is 6.30. The minimum absolute atomic E-state index is 0.0104. The van der Waals surface area contributed by atoms with E-state index in [0.29, 0.717) is 17.7 Å². The molecule has 1 aromatic carbocycles. The monoisotopic (exact) mass is 413 g/mol. The van der Waals surface area contributed by atoms with E-state index in [-0.39, 0.29) is 23.4 Å². The molecule has 1 aliphatic carbocycles. The highest BCUT2D eigenvalue weighted by molar-refractivity contribution is 6.14. The van der Waals surface area contributed by atoms with Crippen molar-refractivity contribution in [1.29, 1.82) is 0 Å². The molecule has 2 aromatic rings. The van der Waals surface area contributed by atoms with E-state index >= 15 is 0 Å². The quantitative estimate of drug-likeness (QED) is 0.725. The first-order valence-electron chi connectivity index (χ1n) is 8.62. The number of nitrogens with zero attached hydrogens (tertiary/aromatic N) is 2. The lowest BCUT2D eigenvalue weighted by atomic mass is 9.71. The molecule has 1 spiro atoms. The lowest BCUT2D eigenvalue weighted by Gasteiger charge is -2.34. The maximum atomic E-state index is 13.3. The standard InChI is InChI=1S/C19H13F6N3O/c20-18(21,22)9-27-15-11-4-3-10(19(23,24)25)8-13(11)17(16(29)28-15)6-5-14-12(17)2-1-7-26-14/h1-4,7-8H,5-6,9H2,(H,27,28,29). The van der Waals surface area contributed by atoms with Crippen LogP contribution in [0.15, 0.2) is 41.5 Å². The average Bonchev–Trinajstić information content (AvgIpc) is 3.03. The van der Waals surface area contributed by atoms with Crippen molar-refractivity contribution in [2.45, 2.75) is 30.6 Å². The Bertz CT molecular complexity index is 1030. The number of hydrogen-bond acceptors (Lipinski definition) is 3. The van der Waals surface area contributed by atoms with Gasteiger partial charge in [-0.05, 0) is 42.2 Å². The third-order valence-corrected chi connectivity index (χ3v) is 5.18. The zero-order valence-electron chi connectivity index (χ0n) is 14.7. The van der Waals surface area contributed by atoms with Gasteiger partial charge in [-0.15, -0.1) is 0 Å². The van der Waals surface area contributed by atoms with Gasteiger partial charge in [-0.3, -0.25) is 9.78 Å². The highest BCUT2D eigenvalue weighted by Gasteiger charge is 2.52. The van der Waals surface area contributed by atoms with Crippen LogP contribution in [0.4, 0.5) is 26.3 Å². The normalized spacial score (nSPS) is 21.0. The van der Waals surface area contributed by atoms with Crippen LogP contribution < -0.4 is 5.32 Å². The molecule has 0 fully saturated rings. The number of carbonyl (C=O) groups is 1. The third kappa shape index (κ3) is 3.16. The minimum Gasteiger partial charge on any atom is -0.361 e. The van der Waals surface area contributed by atoms with Gasteiger partial charge in [0.25, 0.3) is 5.91 Å². The summed E-state index contributed by atoms with van der Waals surface area (Å²) in [5, 5.41) is 2.04. The smallest absolute Gasteiger partial charge is 0.361 e. The summed E-state index contributed by atoms with van der Waals surface area (Å²) in [5.74, 6) is -1.19. The highest BCUT2D eigenvalue weighted by atomic mass is 19.4. The summed E-state index contributed by atoms with van der Waals surface area (Å²) in [7, 11) is 0. The van der Waals surface area contributed by atoms with Crippen molar-refractivity contribution < 1.29 is 31.1 Å². The van der Waals surface area contributed by atoms with Gasteiger partial charge in [0.2, 0.25) is 0 Å². The molecule has 1 amide bonds. The maximum absolute atomic E-state index is 13.3. The lowest BCUT2D eigenvalue weighted by molar-refractivity contribution is -0.137. The summed E-state index contributed by atoms with van der Waals surface area (Å²) in [4.78, 5) is 21.0. The number of amidine groups is 1. The van der Waals surface area contributed by atoms with Crippen LogP contribution in [0, 0.1) is 0 Å². The molecule has 0 saturated carbocycles. The van der Waals surface area contributed by atoms with Crippen LogP contribution in [0.25, 0.3) is 0 Å². The van der Waals surface area contributed by atoms with Crippen molar-refractivity contribution in [3.8, 4) is 0 Å². The molecule has 2 aliphatic rings. The average molecular weight is 413 g/mol. The number of aliphatic imine (C=N–C) groups is 1. The number of halogens is 6. The summed E-state index contributed by atoms with van der Waals surface area (Å²) >= 11 is 0. The van der Waals surface area contributed by atoms with Crippen LogP contribution in [0.1, 0.15) is 34.4 Å². The molecule has 10 heteroatoms. The molecule has 4 nitrogen and oxygen atoms in total. The number of fused-ring (bicyclic) bond motifs is 4. The molecule has 152 valence electrons. The Labute approximate surface area is 160 Å². The van der Waals surface area contributed by atoms with Gasteiger partial charge in [0, 0.05) is 17.5 Å². The van der Waals surface area contributed by atoms with Gasteiger partial charge in [0.1, 0.15) is 17.8 Å². The summed E-state index contributed by atoms with van der Waals surface area (Å²) in [5.41, 5.74) is -1.46. The number of alkyl halides is 6. The van der Waals surface area contributed by atoms with Crippen molar-refractivity contribution in [1.82, 2.24) is 10.3 Å². The number of amides is 1. The summed E-state index contributed by atoms with van der Waals surface area (Å²) in [6, 6.07) is 5.82. The largest absolute Gasteiger partial charge is 0.416 e. The molecule has 4 rings (SSSR count). The predicted octanol–water partition coefficient (Wildman–Crippen LogP) is 3.77. The summed E-state index contributed by atoms with van der Waals surface area (Å²) in [6.07, 6.45) is -7.26. The first kappa shape index (κ1) is 19.4. The second-order valence-electron chi connectivity index (χ2n) is 6.90. The van der Waals surface area contributed by atoms with Crippen molar-refractivity contribution in [2.75, 3.05) is 6.54 Å². The second-order valence-corrected chi connectivity index (χ2v) is 6.90. The Balaban J connectivity index is 1.92. The number of aryl methyl sites for hydroxylation is 1. The van der Waals surface area contributed by atoms with Crippen molar-refractivity contribution in [3.63, 3.8) is 0 Å². The number of aromatic nitrogens is 1. The van der Waals surface area contributed by atoms with E-state index in [1.165, 1.54) is 6.20 Å². The molecule has 2 heterocycles. The first-order chi connectivity index (χ1) is 13.5. The Morgan fingerprint density at radius 1 is 1.07 bits per heavy atom. The van der Waals surface area contributed by atoms with Gasteiger partial charge in [-0.1, -0.05) is 12.1 Å². The number of benzene rings is 1. The van der Waals surface area contributed by atoms with Gasteiger partial charge in [-0.2, -0.15) is 31.3 Å². The predicted molar refractivity (Wildman–Crippen MR) is 90.4 cm³/mol. The molecule has 0 radical (unpaired) electrons. The Hall–Kier alpha value is -2.91. The van der Waals surface area contributed by atoms with E-state index in [0.717, 1.165) is 18.2 Å². The van der Waals surface area contributed by atoms with Gasteiger partial charge in [0.05, 0.1) is 5.56 Å². The zero-order valence-corrected chi connectivity index (χ0v) is 14.7. The lowest BCUT2D eigenvalue weighted by Crippen LogP contribution is -2.44. The maximum Gasteiger partial charge on any atom is 0.416 e. The molecule has 29 heavy (non-hydrogen) atoms. The number of nitrogens with one attached hydrogen (secondary N) is 1. The van der Waals surface area contributed by atoms with Gasteiger partial charge in [-0.25, -0.2) is 0 Å². The Kier molecular flexibility index (Phi) is 4.21. The van der Waals surface area contributed by atoms with Crippen molar-refractivity contribution in [3.05, 3.63) is 64.5 Å². The van der Waals surface area contributed by atoms with Gasteiger partial charge < -0.3 is 5.32 Å². The van der Waals surface area contributed by atoms with Crippen molar-refractivity contribution >= 4 is 11.7 Å². The van der Waals surface area contributed by atoms with Gasteiger partial charge >= 0.3 is 12.4 Å². The summed E-state index contributed by atoms with van der Waals surface area (Å²) < 4.78 is 77.9. The van der Waals surface area contributed by atoms with Crippen LogP contribution in [0.2, 0.25) is 0 Å². The van der Waals surface area contributed by atoms with Gasteiger partial charge in [0.15, 0.2) is 0 Å². The van der Waals surface area contributed by atoms with E-state index in [9.17, 15) is 31.1 Å². The van der Waals surface area contributed by atoms with Crippen LogP contribution in [-0.2, 0) is 22.8 Å². The summed E-state index contributed by atoms with van der Waals surface area (Å²) in [6.45, 7) is -1.47. The topological polar surface area (TPSA) is 54.4 Å². The fourth-order valence-corrected chi connectivity index (χ4v) is 3.94. The Morgan fingerprint density at radius 3 is 2.52 bits per heavy atom. The molecule has 1 unspecified atom stereocenters. The molecule has 0 saturated heterocycles. The Morgan fingerprint density at radius 2 is 1.83 bits per heavy atom. The number of rotatable bonds is 1. The van der Waals surface area contributed by atoms with E-state index in [1.807, 2.05) is 5.32 Å². The molecule has 1 aromatic heterocycles. The SMILES string of the molecule is O=C1N=C(NCC(F)(F)F)c2ccc(C(F)(F)F)cc2C12CCc1ncccc12. The van der Waals surface area contributed by atoms with E-state index in [2.05, 4.69) is 9.98 Å². The van der Waals surface area contributed by atoms with Crippen molar-refractivity contribution in [2.24, 2.45) is 4.99 Å². The highest BCUT2D eigenvalue weighted by Crippen LogP contribution is 2.48. The fourth-order valence-electron chi connectivity index (χ4n) is 3.94. The first-order valence-corrected chi connectivity index (χ1v) is 8.62. The molecular weight excluding hydrogens is 400 g/mol. The molecule has 1 N–H and O–H groups in total. The van der Waals surface area contributed by atoms with E-state index < -0.39 is 35.8 Å². The molecule has 0 bridgehead atoms. The number of pyridine rings is 1. The van der Waals surface area contributed by atoms with Crippen LogP contribution >= 0.6 is 0 Å². The molecule has 1 aliphatic heterocycles. The van der Waals surface area contributed by atoms with Crippen LogP contribution in [0.5, 0.6) is 0 Å². The van der Waals surface area contributed by atoms with E-state index in [1.54, 1.807) is 12.1 Å². The number of hydrogen-bond donors (Lipinski definition) is 1.